The highest BCUT2D eigenvalue weighted by Crippen LogP contribution is 2.28. The normalized spacial score (nSPS) is 37.8. The smallest absolute Gasteiger partial charge is 0.295 e. The lowest BCUT2D eigenvalue weighted by Crippen LogP contribution is -2.62. The number of amides is 1. The number of nitrogens with one attached hydrogen (secondary N) is 2. The molecular formula is C9H12N2O. The molecule has 3 nitrogen and oxygen atoms in total. The molecule has 3 heteroatoms. The van der Waals surface area contributed by atoms with Crippen molar-refractivity contribution >= 4 is 5.91 Å². The molecule has 1 saturated carbocycles. The van der Waals surface area contributed by atoms with Gasteiger partial charge in [0.1, 0.15) is 0 Å². The van der Waals surface area contributed by atoms with Gasteiger partial charge in [0.05, 0.1) is 0 Å². The van der Waals surface area contributed by atoms with Crippen molar-refractivity contribution in [2.45, 2.75) is 37.4 Å². The molecule has 2 aliphatic heterocycles. The standard InChI is InChI=1S/C9H12N2O/c1-2-9(12)11-8-4-6-3-7(5-8)10-6/h1,6-8,10H,3-5H2,(H,11,12). The second-order valence-corrected chi connectivity index (χ2v) is 3.58. The Bertz CT molecular complexity index is 227. The fourth-order valence-corrected chi connectivity index (χ4v) is 2.11. The van der Waals surface area contributed by atoms with E-state index in [0.717, 1.165) is 12.8 Å². The number of fused-ring (bicyclic) bond motifs is 2. The van der Waals surface area contributed by atoms with Crippen molar-refractivity contribution < 1.29 is 4.79 Å². The van der Waals surface area contributed by atoms with Crippen LogP contribution in [0.2, 0.25) is 0 Å². The van der Waals surface area contributed by atoms with E-state index in [0.29, 0.717) is 18.1 Å². The van der Waals surface area contributed by atoms with E-state index in [1.807, 2.05) is 0 Å². The lowest BCUT2D eigenvalue weighted by Gasteiger charge is -2.46. The molecule has 0 aromatic carbocycles. The molecule has 0 spiro atoms. The van der Waals surface area contributed by atoms with Crippen LogP contribution in [0.5, 0.6) is 0 Å². The summed E-state index contributed by atoms with van der Waals surface area (Å²) in [5.74, 6) is 1.79. The third-order valence-electron chi connectivity index (χ3n) is 2.64. The topological polar surface area (TPSA) is 41.1 Å². The van der Waals surface area contributed by atoms with Crippen LogP contribution in [0.3, 0.4) is 0 Å². The number of carbonyl (C=O) groups is 1. The van der Waals surface area contributed by atoms with Gasteiger partial charge in [0.15, 0.2) is 0 Å². The Balaban J connectivity index is 1.83. The summed E-state index contributed by atoms with van der Waals surface area (Å²) in [6.07, 6.45) is 8.29. The molecule has 2 saturated heterocycles. The monoisotopic (exact) mass is 164 g/mol. The third kappa shape index (κ3) is 1.30. The van der Waals surface area contributed by atoms with Crippen molar-refractivity contribution in [2.75, 3.05) is 0 Å². The Morgan fingerprint density at radius 3 is 2.50 bits per heavy atom. The lowest BCUT2D eigenvalue weighted by atomic mass is 9.79. The summed E-state index contributed by atoms with van der Waals surface area (Å²) in [4.78, 5) is 10.8. The Labute approximate surface area is 71.9 Å². The van der Waals surface area contributed by atoms with Crippen LogP contribution in [-0.4, -0.2) is 24.0 Å². The number of rotatable bonds is 1. The molecule has 3 fully saturated rings. The van der Waals surface area contributed by atoms with Gasteiger partial charge < -0.3 is 10.6 Å². The minimum Gasteiger partial charge on any atom is -0.342 e. The van der Waals surface area contributed by atoms with E-state index in [-0.39, 0.29) is 5.91 Å². The first kappa shape index (κ1) is 7.63. The number of piperidine rings is 1. The largest absolute Gasteiger partial charge is 0.342 e. The van der Waals surface area contributed by atoms with E-state index in [4.69, 9.17) is 6.42 Å². The van der Waals surface area contributed by atoms with Gasteiger partial charge >= 0.3 is 0 Å². The minimum absolute atomic E-state index is 0.277. The van der Waals surface area contributed by atoms with Crippen LogP contribution in [0.25, 0.3) is 0 Å². The molecule has 2 atom stereocenters. The summed E-state index contributed by atoms with van der Waals surface area (Å²) in [6, 6.07) is 1.54. The second kappa shape index (κ2) is 2.80. The predicted octanol–water partition coefficient (Wildman–Crippen LogP) is -0.371. The molecule has 2 bridgehead atoms. The molecule has 0 aromatic rings. The molecule has 1 aliphatic carbocycles. The van der Waals surface area contributed by atoms with Crippen LogP contribution in [0.15, 0.2) is 0 Å². The van der Waals surface area contributed by atoms with Crippen LogP contribution >= 0.6 is 0 Å². The first-order valence-electron chi connectivity index (χ1n) is 4.31. The number of carbonyl (C=O) groups excluding carboxylic acids is 1. The van der Waals surface area contributed by atoms with Gasteiger partial charge in [-0.25, -0.2) is 0 Å². The summed E-state index contributed by atoms with van der Waals surface area (Å²) in [6.45, 7) is 0. The van der Waals surface area contributed by atoms with Gasteiger partial charge in [-0.3, -0.25) is 4.79 Å². The molecule has 0 radical (unpaired) electrons. The van der Waals surface area contributed by atoms with Gasteiger partial charge in [-0.1, -0.05) is 0 Å². The van der Waals surface area contributed by atoms with Gasteiger partial charge in [0, 0.05) is 18.1 Å². The highest BCUT2D eigenvalue weighted by molar-refractivity contribution is 5.93. The molecule has 64 valence electrons. The van der Waals surface area contributed by atoms with Gasteiger partial charge in [-0.15, -0.1) is 6.42 Å². The van der Waals surface area contributed by atoms with E-state index in [9.17, 15) is 4.79 Å². The quantitative estimate of drug-likeness (QED) is 0.519. The summed E-state index contributed by atoms with van der Waals surface area (Å²) < 4.78 is 0. The first-order valence-corrected chi connectivity index (χ1v) is 4.31. The highest BCUT2D eigenvalue weighted by atomic mass is 16.1. The maximum Gasteiger partial charge on any atom is 0.295 e. The average molecular weight is 164 g/mol. The summed E-state index contributed by atoms with van der Waals surface area (Å²) in [5, 5.41) is 6.21. The van der Waals surface area contributed by atoms with Crippen molar-refractivity contribution in [1.82, 2.24) is 10.6 Å². The fraction of sp³-hybridized carbons (Fsp3) is 0.667. The van der Waals surface area contributed by atoms with E-state index in [1.54, 1.807) is 0 Å². The van der Waals surface area contributed by atoms with Crippen LogP contribution in [0.1, 0.15) is 19.3 Å². The first-order chi connectivity index (χ1) is 5.78. The van der Waals surface area contributed by atoms with Crippen molar-refractivity contribution in [1.29, 1.82) is 0 Å². The van der Waals surface area contributed by atoms with Crippen molar-refractivity contribution in [3.05, 3.63) is 0 Å². The number of hydrogen-bond donors (Lipinski definition) is 2. The van der Waals surface area contributed by atoms with Crippen LogP contribution < -0.4 is 10.6 Å². The molecule has 3 rings (SSSR count). The third-order valence-corrected chi connectivity index (χ3v) is 2.64. The zero-order chi connectivity index (χ0) is 8.55. The van der Waals surface area contributed by atoms with Crippen molar-refractivity contribution in [3.63, 3.8) is 0 Å². The van der Waals surface area contributed by atoms with Gasteiger partial charge in [0.25, 0.3) is 5.91 Å². The fourth-order valence-electron chi connectivity index (χ4n) is 2.11. The minimum atomic E-state index is -0.277. The van der Waals surface area contributed by atoms with Gasteiger partial charge in [0.2, 0.25) is 0 Å². The Morgan fingerprint density at radius 2 is 2.00 bits per heavy atom. The average Bonchev–Trinajstić information content (AvgIpc) is 2.03. The number of terminal acetylenes is 1. The summed E-state index contributed by atoms with van der Waals surface area (Å²) >= 11 is 0. The lowest BCUT2D eigenvalue weighted by molar-refractivity contribution is -0.116. The summed E-state index contributed by atoms with van der Waals surface area (Å²) in [5.41, 5.74) is 0. The SMILES string of the molecule is C#CC(=O)NC1CC2CC(C1)N2. The van der Waals surface area contributed by atoms with Crippen molar-refractivity contribution in [2.24, 2.45) is 0 Å². The maximum atomic E-state index is 10.8. The van der Waals surface area contributed by atoms with Crippen molar-refractivity contribution in [3.8, 4) is 12.3 Å². The Hall–Kier alpha value is -1.01. The molecular weight excluding hydrogens is 152 g/mol. The van der Waals surface area contributed by atoms with Crippen LogP contribution in [0.4, 0.5) is 0 Å². The number of hydrogen-bond acceptors (Lipinski definition) is 2. The second-order valence-electron chi connectivity index (χ2n) is 3.58. The van der Waals surface area contributed by atoms with Gasteiger partial charge in [-0.05, 0) is 25.2 Å². The molecule has 1 amide bonds. The zero-order valence-corrected chi connectivity index (χ0v) is 6.84. The van der Waals surface area contributed by atoms with Crippen LogP contribution in [0, 0.1) is 12.3 Å². The molecule has 3 aliphatic rings. The Kier molecular flexibility index (Phi) is 1.78. The maximum absolute atomic E-state index is 10.8. The summed E-state index contributed by atoms with van der Waals surface area (Å²) in [7, 11) is 0. The molecule has 12 heavy (non-hydrogen) atoms. The van der Waals surface area contributed by atoms with E-state index < -0.39 is 0 Å². The van der Waals surface area contributed by atoms with Gasteiger partial charge in [-0.2, -0.15) is 0 Å². The Morgan fingerprint density at radius 1 is 1.42 bits per heavy atom. The molecule has 0 aromatic heterocycles. The predicted molar refractivity (Wildman–Crippen MR) is 45.3 cm³/mol. The van der Waals surface area contributed by atoms with Crippen LogP contribution in [-0.2, 0) is 4.79 Å². The van der Waals surface area contributed by atoms with E-state index in [2.05, 4.69) is 16.6 Å². The molecule has 2 N–H and O–H groups in total. The van der Waals surface area contributed by atoms with E-state index in [1.165, 1.54) is 6.42 Å². The molecule has 2 heterocycles. The van der Waals surface area contributed by atoms with E-state index >= 15 is 0 Å². The highest BCUT2D eigenvalue weighted by Gasteiger charge is 2.37. The molecule has 2 unspecified atom stereocenters. The zero-order valence-electron chi connectivity index (χ0n) is 6.84.